The molecule has 2 amide bonds. The number of carbonyl (C=O) groups excluding carboxylic acids is 2. The largest absolute Gasteiger partial charge is 0.457 e. The second-order valence-corrected chi connectivity index (χ2v) is 10.5. The molecule has 9 heteroatoms. The lowest BCUT2D eigenvalue weighted by Crippen LogP contribution is -2.42. The zero-order chi connectivity index (χ0) is 28.8. The molecule has 8 nitrogen and oxygen atoms in total. The summed E-state index contributed by atoms with van der Waals surface area (Å²) < 4.78 is 6.15. The summed E-state index contributed by atoms with van der Waals surface area (Å²) in [5, 5.41) is 5.70. The van der Waals surface area contributed by atoms with Crippen LogP contribution >= 0.6 is 11.8 Å². The van der Waals surface area contributed by atoms with E-state index in [2.05, 4.69) is 10.3 Å². The van der Waals surface area contributed by atoms with Crippen molar-refractivity contribution in [3.63, 3.8) is 0 Å². The zero-order valence-corrected chi connectivity index (χ0v) is 24.2. The Morgan fingerprint density at radius 1 is 1.00 bits per heavy atom. The standard InChI is InChI=1S/C32H33N5O3S/c1-4-36(5-2)31(39)29-22(3)35-32-37(25(21-41-32)19-28(38)34-20-23-14-16-33-17-15-23)30(29)24-10-9-13-27(18-24)40-26-11-7-6-8-12-26/h6-18,21,30H,4-5,19-20H2,1-3H3,(H,34,38). The minimum Gasteiger partial charge on any atom is -0.457 e. The second-order valence-electron chi connectivity index (χ2n) is 9.67. The summed E-state index contributed by atoms with van der Waals surface area (Å²) in [4.78, 5) is 39.7. The smallest absolute Gasteiger partial charge is 0.254 e. The monoisotopic (exact) mass is 567 g/mol. The number of amides is 2. The van der Waals surface area contributed by atoms with Gasteiger partial charge in [0.1, 0.15) is 11.5 Å². The van der Waals surface area contributed by atoms with Crippen molar-refractivity contribution in [3.05, 3.63) is 113 Å². The van der Waals surface area contributed by atoms with E-state index < -0.39 is 6.04 Å². The molecule has 0 bridgehead atoms. The molecule has 2 aliphatic heterocycles. The molecule has 0 spiro atoms. The van der Waals surface area contributed by atoms with Gasteiger partial charge in [-0.25, -0.2) is 4.99 Å². The first-order chi connectivity index (χ1) is 20.0. The third kappa shape index (κ3) is 6.36. The van der Waals surface area contributed by atoms with Crippen LogP contribution in [0.2, 0.25) is 0 Å². The summed E-state index contributed by atoms with van der Waals surface area (Å²) in [6.07, 6.45) is 3.56. The molecule has 1 atom stereocenters. The van der Waals surface area contributed by atoms with Gasteiger partial charge in [0.25, 0.3) is 5.91 Å². The van der Waals surface area contributed by atoms with Gasteiger partial charge in [0.05, 0.1) is 23.7 Å². The Kier molecular flexibility index (Phi) is 8.84. The SMILES string of the molecule is CCN(CC)C(=O)C1=C(C)N=C2SC=C(CC(=O)NCc3ccncc3)N2C1c1cccc(Oc2ccccc2)c1. The molecule has 2 aliphatic rings. The van der Waals surface area contributed by atoms with Gasteiger partial charge in [0.2, 0.25) is 5.91 Å². The average molecular weight is 568 g/mol. The molecule has 1 unspecified atom stereocenters. The van der Waals surface area contributed by atoms with Crippen molar-refractivity contribution in [1.82, 2.24) is 20.1 Å². The molecule has 5 rings (SSSR count). The number of benzene rings is 2. The first-order valence-corrected chi connectivity index (χ1v) is 14.6. The molecule has 0 aliphatic carbocycles. The number of thioether (sulfide) groups is 1. The van der Waals surface area contributed by atoms with Crippen LogP contribution in [0.15, 0.2) is 106 Å². The topological polar surface area (TPSA) is 87.1 Å². The van der Waals surface area contributed by atoms with Crippen molar-refractivity contribution < 1.29 is 14.3 Å². The Hall–Kier alpha value is -4.37. The summed E-state index contributed by atoms with van der Waals surface area (Å²) in [6.45, 7) is 7.42. The van der Waals surface area contributed by atoms with Crippen molar-refractivity contribution in [1.29, 1.82) is 0 Å². The first-order valence-electron chi connectivity index (χ1n) is 13.7. The summed E-state index contributed by atoms with van der Waals surface area (Å²) in [5.74, 6) is 1.22. The van der Waals surface area contributed by atoms with Crippen molar-refractivity contribution in [2.45, 2.75) is 39.8 Å². The quantitative estimate of drug-likeness (QED) is 0.322. The van der Waals surface area contributed by atoms with Crippen LogP contribution in [-0.4, -0.2) is 44.9 Å². The number of likely N-dealkylation sites (N-methyl/N-ethyl adjacent to an activating group) is 1. The van der Waals surface area contributed by atoms with Gasteiger partial charge < -0.3 is 19.9 Å². The fraction of sp³-hybridized carbons (Fsp3) is 0.250. The predicted octanol–water partition coefficient (Wildman–Crippen LogP) is 6.02. The number of amidine groups is 1. The lowest BCUT2D eigenvalue weighted by molar-refractivity contribution is -0.127. The number of pyridine rings is 1. The molecule has 3 heterocycles. The highest BCUT2D eigenvalue weighted by molar-refractivity contribution is 8.16. The fourth-order valence-electron chi connectivity index (χ4n) is 4.94. The van der Waals surface area contributed by atoms with E-state index in [0.29, 0.717) is 36.7 Å². The van der Waals surface area contributed by atoms with Gasteiger partial charge in [-0.3, -0.25) is 14.6 Å². The lowest BCUT2D eigenvalue weighted by Gasteiger charge is -2.38. The molecule has 41 heavy (non-hydrogen) atoms. The molecular formula is C32H33N5O3S. The maximum atomic E-state index is 13.9. The Morgan fingerprint density at radius 3 is 2.46 bits per heavy atom. The van der Waals surface area contributed by atoms with E-state index in [9.17, 15) is 9.59 Å². The number of fused-ring (bicyclic) bond motifs is 1. The highest BCUT2D eigenvalue weighted by Crippen LogP contribution is 2.45. The van der Waals surface area contributed by atoms with Crippen molar-refractivity contribution in [3.8, 4) is 11.5 Å². The highest BCUT2D eigenvalue weighted by atomic mass is 32.2. The maximum absolute atomic E-state index is 13.9. The van der Waals surface area contributed by atoms with Gasteiger partial charge in [-0.1, -0.05) is 42.1 Å². The number of rotatable bonds is 10. The van der Waals surface area contributed by atoms with Crippen LogP contribution in [0.3, 0.4) is 0 Å². The van der Waals surface area contributed by atoms with Gasteiger partial charge >= 0.3 is 0 Å². The van der Waals surface area contributed by atoms with Crippen molar-refractivity contribution in [2.24, 2.45) is 4.99 Å². The number of aliphatic imine (C=N–C) groups is 1. The Balaban J connectivity index is 1.47. The van der Waals surface area contributed by atoms with Gasteiger partial charge in [-0.05, 0) is 73.7 Å². The summed E-state index contributed by atoms with van der Waals surface area (Å²) in [6, 6.07) is 20.7. The van der Waals surface area contributed by atoms with Crippen molar-refractivity contribution in [2.75, 3.05) is 13.1 Å². The molecule has 0 saturated heterocycles. The molecule has 1 aromatic heterocycles. The van der Waals surface area contributed by atoms with E-state index in [1.54, 1.807) is 12.4 Å². The molecule has 0 radical (unpaired) electrons. The van der Waals surface area contributed by atoms with E-state index in [0.717, 1.165) is 27.7 Å². The van der Waals surface area contributed by atoms with E-state index in [1.807, 2.05) is 103 Å². The van der Waals surface area contributed by atoms with Gasteiger partial charge in [-0.15, -0.1) is 0 Å². The van der Waals surface area contributed by atoms with Crippen LogP contribution in [0.1, 0.15) is 44.4 Å². The molecule has 0 saturated carbocycles. The van der Waals surface area contributed by atoms with Crippen LogP contribution in [0, 0.1) is 0 Å². The van der Waals surface area contributed by atoms with Crippen LogP contribution in [0.5, 0.6) is 11.5 Å². The van der Waals surface area contributed by atoms with Crippen LogP contribution in [0.25, 0.3) is 0 Å². The normalized spacial score (nSPS) is 16.1. The number of hydrogen-bond donors (Lipinski definition) is 1. The third-order valence-corrected chi connectivity index (χ3v) is 7.90. The molecular weight excluding hydrogens is 534 g/mol. The average Bonchev–Trinajstić information content (AvgIpc) is 3.38. The van der Waals surface area contributed by atoms with E-state index in [-0.39, 0.29) is 18.2 Å². The van der Waals surface area contributed by atoms with Gasteiger partial charge in [-0.2, -0.15) is 0 Å². The summed E-state index contributed by atoms with van der Waals surface area (Å²) in [5.41, 5.74) is 3.92. The number of nitrogens with zero attached hydrogens (tertiary/aromatic N) is 4. The molecule has 210 valence electrons. The van der Waals surface area contributed by atoms with Crippen molar-refractivity contribution >= 4 is 28.7 Å². The summed E-state index contributed by atoms with van der Waals surface area (Å²) >= 11 is 1.47. The van der Waals surface area contributed by atoms with E-state index in [4.69, 9.17) is 9.73 Å². The van der Waals surface area contributed by atoms with Gasteiger partial charge in [0, 0.05) is 37.7 Å². The fourth-order valence-corrected chi connectivity index (χ4v) is 5.90. The van der Waals surface area contributed by atoms with Crippen LogP contribution < -0.4 is 10.1 Å². The zero-order valence-electron chi connectivity index (χ0n) is 23.4. The van der Waals surface area contributed by atoms with Crippen LogP contribution in [0.4, 0.5) is 0 Å². The molecule has 1 N–H and O–H groups in total. The number of hydrogen-bond acceptors (Lipinski definition) is 7. The third-order valence-electron chi connectivity index (χ3n) is 7.02. The number of para-hydroxylation sites is 1. The highest BCUT2D eigenvalue weighted by Gasteiger charge is 2.41. The Morgan fingerprint density at radius 2 is 1.73 bits per heavy atom. The number of nitrogens with one attached hydrogen (secondary N) is 1. The predicted molar refractivity (Wildman–Crippen MR) is 162 cm³/mol. The molecule has 3 aromatic rings. The second kappa shape index (κ2) is 12.9. The Labute approximate surface area is 244 Å². The minimum atomic E-state index is -0.468. The number of allylic oxidation sites excluding steroid dienone is 1. The first kappa shape index (κ1) is 28.2. The molecule has 0 fully saturated rings. The van der Waals surface area contributed by atoms with Crippen LogP contribution in [-0.2, 0) is 16.1 Å². The Bertz CT molecular complexity index is 1500. The lowest BCUT2D eigenvalue weighted by atomic mass is 9.92. The molecule has 2 aromatic carbocycles. The summed E-state index contributed by atoms with van der Waals surface area (Å²) in [7, 11) is 0. The van der Waals surface area contributed by atoms with Gasteiger partial charge in [0.15, 0.2) is 5.17 Å². The number of ether oxygens (including phenoxy) is 1. The maximum Gasteiger partial charge on any atom is 0.254 e. The number of aromatic nitrogens is 1. The van der Waals surface area contributed by atoms with E-state index >= 15 is 0 Å². The number of carbonyl (C=O) groups is 2. The minimum absolute atomic E-state index is 0.0620. The van der Waals surface area contributed by atoms with E-state index in [1.165, 1.54) is 11.8 Å².